The summed E-state index contributed by atoms with van der Waals surface area (Å²) >= 11 is 9.51. The number of rotatable bonds is 0. The number of nitrogens with two attached hydrogens (primary N) is 21. The van der Waals surface area contributed by atoms with Crippen molar-refractivity contribution >= 4 is 147 Å². The molecule has 0 fully saturated rings. The minimum Gasteiger partial charge on any atom is -0.412 e. The van der Waals surface area contributed by atoms with E-state index in [2.05, 4.69) is 84.7 Å². The lowest BCUT2D eigenvalue weighted by atomic mass is 10.4. The van der Waals surface area contributed by atoms with Gasteiger partial charge in [-0.25, -0.2) is 39.7 Å². The Bertz CT molecular complexity index is 3260. The summed E-state index contributed by atoms with van der Waals surface area (Å²) in [5.74, 6) is 4.15. The van der Waals surface area contributed by atoms with Crippen molar-refractivity contribution in [1.82, 2.24) is 89.7 Å². The van der Waals surface area contributed by atoms with Crippen molar-refractivity contribution in [2.75, 3.05) is 120 Å². The van der Waals surface area contributed by atoms with Crippen LogP contribution in [0.1, 0.15) is 0 Å². The number of nitrogen functional groups attached to an aromatic ring is 21. The predicted octanol–water partition coefficient (Wildman–Crippen LogP) is -5.40. The minimum atomic E-state index is -0.475. The first-order valence-electron chi connectivity index (χ1n) is 20.5. The van der Waals surface area contributed by atoms with E-state index in [1.165, 1.54) is 61.8 Å². The summed E-state index contributed by atoms with van der Waals surface area (Å²) in [5, 5.41) is 0. The molecule has 9 aromatic heterocycles. The topological polar surface area (TPSA) is 856 Å². The summed E-state index contributed by atoms with van der Waals surface area (Å²) in [6.07, 6.45) is 8.21. The fourth-order valence-electron chi connectivity index (χ4n) is 3.98. The van der Waals surface area contributed by atoms with Crippen LogP contribution in [0.25, 0.3) is 0 Å². The van der Waals surface area contributed by atoms with E-state index in [1.54, 1.807) is 6.07 Å². The van der Waals surface area contributed by atoms with Gasteiger partial charge in [-0.1, -0.05) is 12.2 Å². The van der Waals surface area contributed by atoms with E-state index in [0.29, 0.717) is 73.1 Å². The molecule has 80 heavy (non-hydrogen) atoms. The minimum absolute atomic E-state index is 0. The van der Waals surface area contributed by atoms with Gasteiger partial charge in [0.15, 0.2) is 28.0 Å². The molecular formula is C36H59N39O3S2. The van der Waals surface area contributed by atoms with Crippen LogP contribution < -0.4 is 132 Å². The molecule has 0 atom stereocenters. The molecule has 0 aliphatic heterocycles. The molecular weight excluding hydrogens is 1090 g/mol. The first kappa shape index (κ1) is 67.5. The zero-order valence-electron chi connectivity index (χ0n) is 41.4. The van der Waals surface area contributed by atoms with E-state index in [4.69, 9.17) is 145 Å². The molecule has 9 rings (SSSR count). The van der Waals surface area contributed by atoms with Crippen molar-refractivity contribution < 1.29 is 5.48 Å². The lowest BCUT2D eigenvalue weighted by Gasteiger charge is -2.01. The van der Waals surface area contributed by atoms with Crippen molar-refractivity contribution in [2.24, 2.45) is 0 Å². The van der Waals surface area contributed by atoms with Gasteiger partial charge in [0, 0.05) is 36.7 Å². The normalized spacial score (nSPS) is 9.15. The molecule has 44 heteroatoms. The summed E-state index contributed by atoms with van der Waals surface area (Å²) in [4.78, 5) is 80.4. The van der Waals surface area contributed by atoms with E-state index in [9.17, 15) is 9.59 Å². The second-order valence-electron chi connectivity index (χ2n) is 13.6. The zero-order chi connectivity index (χ0) is 59.9. The number of H-pyrrole nitrogens is 4. The molecule has 9 heterocycles. The van der Waals surface area contributed by atoms with Gasteiger partial charge in [-0.3, -0.25) is 9.78 Å². The van der Waals surface area contributed by atoms with Gasteiger partial charge in [0.2, 0.25) is 23.8 Å². The van der Waals surface area contributed by atoms with Gasteiger partial charge in [0.05, 0.1) is 11.9 Å². The predicted molar refractivity (Wildman–Crippen MR) is 315 cm³/mol. The second kappa shape index (κ2) is 34.1. The molecule has 0 aromatic carbocycles. The number of nitrogens with one attached hydrogen (secondary N) is 4. The number of hydrogen-bond acceptors (Lipinski definition) is 39. The number of nitrogens with zero attached hydrogens (tertiary/aromatic N) is 14. The van der Waals surface area contributed by atoms with Crippen molar-refractivity contribution in [2.45, 2.75) is 0 Å². The summed E-state index contributed by atoms with van der Waals surface area (Å²) < 4.78 is 0.762. The van der Waals surface area contributed by atoms with Crippen LogP contribution in [0.15, 0.2) is 77.5 Å². The van der Waals surface area contributed by atoms with Crippen LogP contribution in [-0.4, -0.2) is 95.2 Å². The standard InChI is InChI=1S/C4H8N6.3C4H7N5.C4H6N4S2.3C4H6N4.C4H4N2O2.H2O/c5-1-2(6)9-4(8)10-3(1)7;5-2-3(6)8-1-9-4(2)7;2*5-2-1-3(6)9-4(7)8-2;5-1-2(6)7-4(10)8-3(1)9;5-3-1-7-2-8-4(3)6;5-3-1-4(6)8-2-7-3;5-3-1-2-7-4(6)8-3;7-3-1-2-5-4(8)6-3;/h5H2,(H6,6,7,8,9,10);1H,5H2,(H4,6,7,8,9);2*1H,(H6,5,6,7,8,9);5H2,(H4,6,7,8,9,10);1-2H,5H2,(H2,6,7,8);2*1-2H,(H4,5,6,7,8);1-2H,(H2,5,6,7,8);1H2. The van der Waals surface area contributed by atoms with E-state index in [0.717, 1.165) is 0 Å². The molecule has 0 bridgehead atoms. The molecule has 9 aromatic rings. The second-order valence-corrected chi connectivity index (χ2v) is 14.4. The average molecular weight is 1150 g/mol. The Balaban J connectivity index is 0.000000877. The molecule has 0 amide bonds. The van der Waals surface area contributed by atoms with Gasteiger partial charge >= 0.3 is 5.69 Å². The molecule has 0 aliphatic carbocycles. The summed E-state index contributed by atoms with van der Waals surface area (Å²) in [5.41, 5.74) is 111. The number of anilines is 21. The lowest BCUT2D eigenvalue weighted by molar-refractivity contribution is 0.824. The number of hydrogen-bond donors (Lipinski definition) is 25. The van der Waals surface area contributed by atoms with Crippen LogP contribution >= 0.6 is 24.4 Å². The van der Waals surface area contributed by atoms with Gasteiger partial charge in [-0.05, 0) is 18.3 Å². The summed E-state index contributed by atoms with van der Waals surface area (Å²) in [6, 6.07) is 7.20. The van der Waals surface area contributed by atoms with E-state index in [-0.39, 0.29) is 69.5 Å². The van der Waals surface area contributed by atoms with E-state index in [1.807, 2.05) is 4.98 Å². The highest BCUT2D eigenvalue weighted by atomic mass is 32.1. The maximum absolute atomic E-state index is 10.2. The van der Waals surface area contributed by atoms with Crippen molar-refractivity contribution in [3.8, 4) is 0 Å². The molecule has 0 radical (unpaired) electrons. The quantitative estimate of drug-likeness (QED) is 0.0630. The number of aromatic nitrogens is 18. The molecule has 0 saturated heterocycles. The molecule has 42 nitrogen and oxygen atoms in total. The largest absolute Gasteiger partial charge is 0.412 e. The Morgan fingerprint density at radius 3 is 1.15 bits per heavy atom. The van der Waals surface area contributed by atoms with Crippen LogP contribution in [0.2, 0.25) is 0 Å². The highest BCUT2D eigenvalue weighted by Gasteiger charge is 2.03. The molecule has 0 aliphatic rings. The third-order valence-corrected chi connectivity index (χ3v) is 7.93. The van der Waals surface area contributed by atoms with Gasteiger partial charge in [-0.15, -0.1) is 0 Å². The van der Waals surface area contributed by atoms with Crippen molar-refractivity contribution in [1.29, 1.82) is 0 Å². The lowest BCUT2D eigenvalue weighted by Crippen LogP contribution is -2.19. The maximum Gasteiger partial charge on any atom is 0.325 e. The Morgan fingerprint density at radius 2 is 0.825 bits per heavy atom. The van der Waals surface area contributed by atoms with Gasteiger partial charge in [0.25, 0.3) is 5.56 Å². The Labute approximate surface area is 459 Å². The fraction of sp³-hybridized carbons (Fsp3) is 0. The van der Waals surface area contributed by atoms with E-state index < -0.39 is 5.69 Å². The molecule has 48 N–H and O–H groups in total. The fourth-order valence-corrected chi connectivity index (χ4v) is 4.47. The highest BCUT2D eigenvalue weighted by Crippen LogP contribution is 2.18. The van der Waals surface area contributed by atoms with Crippen molar-refractivity contribution in [3.63, 3.8) is 0 Å². The van der Waals surface area contributed by atoms with Crippen molar-refractivity contribution in [3.05, 3.63) is 98.2 Å². The van der Waals surface area contributed by atoms with Crippen LogP contribution in [-0.2, 0) is 0 Å². The molecule has 428 valence electrons. The first-order chi connectivity index (χ1) is 37.0. The monoisotopic (exact) mass is 1150 g/mol. The number of aromatic amines is 4. The van der Waals surface area contributed by atoms with Crippen LogP contribution in [0.3, 0.4) is 0 Å². The van der Waals surface area contributed by atoms with E-state index >= 15 is 0 Å². The Kier molecular flexibility index (Phi) is 28.8. The van der Waals surface area contributed by atoms with Crippen LogP contribution in [0, 0.1) is 9.41 Å². The van der Waals surface area contributed by atoms with Gasteiger partial charge in [-0.2, -0.15) is 34.9 Å². The SMILES string of the molecule is Nc1[nH]c(=S)[nH]c(=S)c1N.Nc1cc(N)nc(N)n1.Nc1cc(N)nc(N)n1.Nc1cc(N)ncn1.Nc1ccnc(N)n1.Nc1cncnc1N.Nc1nc(N)c(N)c(N)n1.Nc1ncnc(N)c1N.O.O=c1cc[nH]c(=O)[nH]1. The van der Waals surface area contributed by atoms with Gasteiger partial charge in [0.1, 0.15) is 93.0 Å². The Morgan fingerprint density at radius 1 is 0.400 bits per heavy atom. The Hall–Kier alpha value is -12.5. The summed E-state index contributed by atoms with van der Waals surface area (Å²) in [6.45, 7) is 0. The average Bonchev–Trinajstić information content (AvgIpc) is 3.33. The highest BCUT2D eigenvalue weighted by molar-refractivity contribution is 7.72. The maximum atomic E-state index is 10.2. The zero-order valence-corrected chi connectivity index (χ0v) is 43.0. The van der Waals surface area contributed by atoms with Gasteiger partial charge < -0.3 is 141 Å². The third kappa shape index (κ3) is 28.1. The summed E-state index contributed by atoms with van der Waals surface area (Å²) in [7, 11) is 0. The molecule has 0 saturated carbocycles. The van der Waals surface area contributed by atoms with Crippen LogP contribution in [0.5, 0.6) is 0 Å². The van der Waals surface area contributed by atoms with Crippen LogP contribution in [0.4, 0.5) is 122 Å². The molecule has 0 spiro atoms. The first-order valence-corrected chi connectivity index (χ1v) is 21.3. The smallest absolute Gasteiger partial charge is 0.325 e. The third-order valence-electron chi connectivity index (χ3n) is 7.41. The molecule has 0 unspecified atom stereocenters.